The molecule has 0 aliphatic rings. The van der Waals surface area contributed by atoms with Gasteiger partial charge < -0.3 is 4.52 Å². The predicted octanol–water partition coefficient (Wildman–Crippen LogP) is 3.88. The molecular weight excluding hydrogens is 281 g/mol. The normalized spacial score (nSPS) is 10.8. The zero-order chi connectivity index (χ0) is 12.4. The van der Waals surface area contributed by atoms with E-state index in [4.69, 9.17) is 27.7 Å². The van der Waals surface area contributed by atoms with E-state index in [-0.39, 0.29) is 5.56 Å². The summed E-state index contributed by atoms with van der Waals surface area (Å²) in [5.74, 6) is 1.18. The second-order valence-corrected chi connectivity index (χ2v) is 5.27. The number of aromatic amines is 1. The van der Waals surface area contributed by atoms with Gasteiger partial charge in [-0.15, -0.1) is 11.8 Å². The summed E-state index contributed by atoms with van der Waals surface area (Å²) in [6.45, 7) is 1.74. The average molecular weight is 290 g/mol. The fourth-order valence-electron chi connectivity index (χ4n) is 1.33. The Hall–Kier alpha value is -0.840. The Labute approximate surface area is 112 Å². The molecule has 0 fully saturated rings. The third kappa shape index (κ3) is 2.89. The van der Waals surface area contributed by atoms with Crippen LogP contribution in [0.5, 0.6) is 0 Å². The van der Waals surface area contributed by atoms with Crippen molar-refractivity contribution in [1.29, 1.82) is 0 Å². The lowest BCUT2D eigenvalue weighted by Gasteiger charge is -2.03. The molecular formula is C11H9Cl2NO2S. The summed E-state index contributed by atoms with van der Waals surface area (Å²) < 4.78 is 4.92. The molecule has 2 rings (SSSR count). The number of rotatable bonds is 3. The summed E-state index contributed by atoms with van der Waals surface area (Å²) in [6.07, 6.45) is 0. The number of nitrogens with one attached hydrogen (secondary N) is 1. The molecule has 90 valence electrons. The zero-order valence-corrected chi connectivity index (χ0v) is 11.2. The maximum atomic E-state index is 11.4. The summed E-state index contributed by atoms with van der Waals surface area (Å²) in [5.41, 5.74) is 0.721. The molecule has 0 saturated heterocycles. The van der Waals surface area contributed by atoms with Crippen LogP contribution < -0.4 is 5.56 Å². The monoisotopic (exact) mass is 289 g/mol. The van der Waals surface area contributed by atoms with E-state index in [1.807, 2.05) is 6.07 Å². The van der Waals surface area contributed by atoms with Crippen LogP contribution in [0.4, 0.5) is 0 Å². The van der Waals surface area contributed by atoms with Gasteiger partial charge in [0.25, 0.3) is 5.56 Å². The highest BCUT2D eigenvalue weighted by atomic mass is 35.5. The van der Waals surface area contributed by atoms with Gasteiger partial charge in [-0.05, 0) is 24.6 Å². The number of H-pyrrole nitrogens is 1. The van der Waals surface area contributed by atoms with Gasteiger partial charge in [0.2, 0.25) is 0 Å². The van der Waals surface area contributed by atoms with Gasteiger partial charge in [-0.2, -0.15) is 5.16 Å². The largest absolute Gasteiger partial charge is 0.383 e. The number of halogens is 2. The Morgan fingerprint density at radius 3 is 2.76 bits per heavy atom. The molecule has 0 amide bonds. The van der Waals surface area contributed by atoms with Crippen LogP contribution in [-0.2, 0) is 5.75 Å². The number of hydrogen-bond donors (Lipinski definition) is 1. The molecule has 6 heteroatoms. The Balaban J connectivity index is 2.15. The van der Waals surface area contributed by atoms with Crippen molar-refractivity contribution in [3.63, 3.8) is 0 Å². The van der Waals surface area contributed by atoms with Crippen molar-refractivity contribution in [3.8, 4) is 0 Å². The molecule has 0 unspecified atom stereocenters. The molecule has 0 bridgehead atoms. The number of aromatic nitrogens is 1. The number of hydrogen-bond acceptors (Lipinski definition) is 3. The van der Waals surface area contributed by atoms with Crippen molar-refractivity contribution in [2.75, 3.05) is 0 Å². The first-order valence-electron chi connectivity index (χ1n) is 4.82. The van der Waals surface area contributed by atoms with E-state index in [1.165, 1.54) is 11.8 Å². The Bertz CT molecular complexity index is 591. The molecule has 2 aromatic rings. The van der Waals surface area contributed by atoms with Crippen molar-refractivity contribution >= 4 is 35.0 Å². The van der Waals surface area contributed by atoms with E-state index < -0.39 is 0 Å². The second-order valence-electron chi connectivity index (χ2n) is 3.44. The number of aryl methyl sites for hydroxylation is 1. The van der Waals surface area contributed by atoms with Gasteiger partial charge in [-0.1, -0.05) is 29.3 Å². The van der Waals surface area contributed by atoms with Gasteiger partial charge in [-0.3, -0.25) is 4.79 Å². The lowest BCUT2D eigenvalue weighted by atomic mass is 10.2. The number of thioether (sulfide) groups is 1. The molecule has 3 nitrogen and oxygen atoms in total. The van der Waals surface area contributed by atoms with Crippen LogP contribution in [-0.4, -0.2) is 5.16 Å². The van der Waals surface area contributed by atoms with Gasteiger partial charge in [0.05, 0.1) is 0 Å². The minimum atomic E-state index is -0.211. The van der Waals surface area contributed by atoms with Crippen molar-refractivity contribution in [3.05, 3.63) is 49.9 Å². The van der Waals surface area contributed by atoms with Crippen molar-refractivity contribution in [2.45, 2.75) is 17.6 Å². The molecule has 1 N–H and O–H groups in total. The second kappa shape index (κ2) is 5.21. The van der Waals surface area contributed by atoms with Crippen molar-refractivity contribution < 1.29 is 4.52 Å². The first kappa shape index (κ1) is 12.6. The highest BCUT2D eigenvalue weighted by Gasteiger charge is 2.10. The van der Waals surface area contributed by atoms with E-state index in [2.05, 4.69) is 5.16 Å². The minimum Gasteiger partial charge on any atom is -0.383 e. The zero-order valence-electron chi connectivity index (χ0n) is 8.92. The molecule has 0 aliphatic heterocycles. The summed E-state index contributed by atoms with van der Waals surface area (Å²) in [5, 5.41) is 3.49. The van der Waals surface area contributed by atoms with Crippen LogP contribution in [0.2, 0.25) is 10.0 Å². The van der Waals surface area contributed by atoms with E-state index in [0.717, 1.165) is 5.56 Å². The molecule has 0 saturated carbocycles. The Morgan fingerprint density at radius 1 is 1.41 bits per heavy atom. The topological polar surface area (TPSA) is 46.0 Å². The quantitative estimate of drug-likeness (QED) is 0.873. The SMILES string of the molecule is Cc1o[nH]c(=O)c1SCc1ccc(Cl)cc1Cl. The fourth-order valence-corrected chi connectivity index (χ4v) is 2.86. The van der Waals surface area contributed by atoms with Crippen LogP contribution >= 0.6 is 35.0 Å². The van der Waals surface area contributed by atoms with Gasteiger partial charge in [0, 0.05) is 15.8 Å². The summed E-state index contributed by atoms with van der Waals surface area (Å²) in [7, 11) is 0. The molecule has 0 atom stereocenters. The number of benzene rings is 1. The van der Waals surface area contributed by atoms with E-state index >= 15 is 0 Å². The van der Waals surface area contributed by atoms with Gasteiger partial charge in [0.15, 0.2) is 0 Å². The Morgan fingerprint density at radius 2 is 2.18 bits per heavy atom. The fraction of sp³-hybridized carbons (Fsp3) is 0.182. The van der Waals surface area contributed by atoms with Crippen molar-refractivity contribution in [1.82, 2.24) is 5.16 Å². The molecule has 1 aromatic heterocycles. The maximum absolute atomic E-state index is 11.4. The molecule has 17 heavy (non-hydrogen) atoms. The molecule has 0 aliphatic carbocycles. The van der Waals surface area contributed by atoms with Crippen molar-refractivity contribution in [2.24, 2.45) is 0 Å². The third-order valence-electron chi connectivity index (χ3n) is 2.21. The van der Waals surface area contributed by atoms with Gasteiger partial charge >= 0.3 is 0 Å². The molecule has 1 aromatic carbocycles. The molecule has 1 heterocycles. The van der Waals surface area contributed by atoms with Crippen LogP contribution in [0.25, 0.3) is 0 Å². The van der Waals surface area contributed by atoms with E-state index in [0.29, 0.717) is 26.5 Å². The first-order valence-corrected chi connectivity index (χ1v) is 6.57. The van der Waals surface area contributed by atoms with Crippen LogP contribution in [0.15, 0.2) is 32.4 Å². The van der Waals surface area contributed by atoms with Gasteiger partial charge in [-0.25, -0.2) is 0 Å². The van der Waals surface area contributed by atoms with Crippen LogP contribution in [0.3, 0.4) is 0 Å². The smallest absolute Gasteiger partial charge is 0.293 e. The standard InChI is InChI=1S/C11H9Cl2NO2S/c1-6-10(11(15)14-16-6)17-5-7-2-3-8(12)4-9(7)13/h2-4H,5H2,1H3,(H,14,15). The van der Waals surface area contributed by atoms with Gasteiger partial charge in [0.1, 0.15) is 10.7 Å². The van der Waals surface area contributed by atoms with E-state index in [1.54, 1.807) is 19.1 Å². The van der Waals surface area contributed by atoms with E-state index in [9.17, 15) is 4.79 Å². The summed E-state index contributed by atoms with van der Waals surface area (Å²) in [4.78, 5) is 12.0. The summed E-state index contributed by atoms with van der Waals surface area (Å²) in [6, 6.07) is 5.31. The minimum absolute atomic E-state index is 0.211. The average Bonchev–Trinajstić information content (AvgIpc) is 2.58. The van der Waals surface area contributed by atoms with Crippen LogP contribution in [0.1, 0.15) is 11.3 Å². The molecule has 0 spiro atoms. The highest BCUT2D eigenvalue weighted by Crippen LogP contribution is 2.28. The third-order valence-corrected chi connectivity index (χ3v) is 4.01. The Kier molecular flexibility index (Phi) is 3.86. The summed E-state index contributed by atoms with van der Waals surface area (Å²) >= 11 is 13.2. The highest BCUT2D eigenvalue weighted by molar-refractivity contribution is 7.98. The lowest BCUT2D eigenvalue weighted by Crippen LogP contribution is -2.00. The van der Waals surface area contributed by atoms with Crippen LogP contribution in [0, 0.1) is 6.92 Å². The predicted molar refractivity (Wildman–Crippen MR) is 70.1 cm³/mol. The lowest BCUT2D eigenvalue weighted by molar-refractivity contribution is 0.390. The molecule has 0 radical (unpaired) electrons. The first-order chi connectivity index (χ1) is 8.08. The maximum Gasteiger partial charge on any atom is 0.293 e.